The topological polar surface area (TPSA) is 23.5 Å². The van der Waals surface area contributed by atoms with Gasteiger partial charge in [-0.25, -0.2) is 0 Å². The van der Waals surface area contributed by atoms with E-state index in [1.165, 1.54) is 69.8 Å². The van der Waals surface area contributed by atoms with Crippen molar-refractivity contribution in [3.05, 3.63) is 35.9 Å². The summed E-state index contributed by atoms with van der Waals surface area (Å²) < 4.78 is 0. The molecule has 2 heteroatoms. The van der Waals surface area contributed by atoms with Crippen LogP contribution in [0, 0.1) is 5.92 Å². The quantitative estimate of drug-likeness (QED) is 0.218. The van der Waals surface area contributed by atoms with Gasteiger partial charge >= 0.3 is 0 Å². The van der Waals surface area contributed by atoms with Gasteiger partial charge in [0.05, 0.1) is 0 Å². The van der Waals surface area contributed by atoms with Gasteiger partial charge in [-0.15, -0.1) is 0 Å². The molecule has 0 aromatic heterocycles. The van der Waals surface area contributed by atoms with E-state index >= 15 is 0 Å². The Kier molecular flexibility index (Phi) is 14.4. The second kappa shape index (κ2) is 16.0. The lowest BCUT2D eigenvalue weighted by atomic mass is 9.94. The largest absolute Gasteiger partial charge is 0.378 e. The second-order valence-corrected chi connectivity index (χ2v) is 8.86. The number of nitrogens with zero attached hydrogens (tertiary/aromatic N) is 1. The first kappa shape index (κ1) is 25.2. The Bertz CT molecular complexity index is 459. The van der Waals surface area contributed by atoms with Crippen LogP contribution in [0.5, 0.6) is 0 Å². The summed E-state index contributed by atoms with van der Waals surface area (Å²) in [4.78, 5) is 2.36. The van der Waals surface area contributed by atoms with Crippen molar-refractivity contribution < 1.29 is 5.11 Å². The van der Waals surface area contributed by atoms with E-state index in [4.69, 9.17) is 0 Å². The fourth-order valence-electron chi connectivity index (χ4n) is 4.11. The summed E-state index contributed by atoms with van der Waals surface area (Å²) >= 11 is 0. The highest BCUT2D eigenvalue weighted by molar-refractivity contribution is 5.19. The van der Waals surface area contributed by atoms with E-state index in [0.29, 0.717) is 12.0 Å². The zero-order valence-electron chi connectivity index (χ0n) is 19.2. The molecule has 0 saturated heterocycles. The normalized spacial score (nSPS) is 14.0. The standard InChI is InChI=1S/C26H47NO/c1-5-7-8-9-10-11-12-13-14-18-21-27(26(28)6-2)25(22-23(3)4)24-19-16-15-17-20-24/h15-17,19-20,23,25-26,28H,5-14,18,21-22H2,1-4H3. The first-order chi connectivity index (χ1) is 13.6. The van der Waals surface area contributed by atoms with Gasteiger partial charge in [-0.1, -0.05) is 116 Å². The van der Waals surface area contributed by atoms with Crippen LogP contribution < -0.4 is 0 Å². The second-order valence-electron chi connectivity index (χ2n) is 8.86. The molecule has 0 aliphatic heterocycles. The van der Waals surface area contributed by atoms with Crippen LogP contribution in [0.4, 0.5) is 0 Å². The minimum atomic E-state index is -0.345. The van der Waals surface area contributed by atoms with Crippen molar-refractivity contribution in [1.29, 1.82) is 0 Å². The first-order valence-electron chi connectivity index (χ1n) is 12.1. The van der Waals surface area contributed by atoms with E-state index in [1.807, 2.05) is 0 Å². The summed E-state index contributed by atoms with van der Waals surface area (Å²) in [5, 5.41) is 10.7. The molecule has 0 saturated carbocycles. The van der Waals surface area contributed by atoms with Crippen LogP contribution >= 0.6 is 0 Å². The van der Waals surface area contributed by atoms with Gasteiger partial charge < -0.3 is 5.11 Å². The summed E-state index contributed by atoms with van der Waals surface area (Å²) in [7, 11) is 0. The lowest BCUT2D eigenvalue weighted by molar-refractivity contribution is -0.0346. The highest BCUT2D eigenvalue weighted by Gasteiger charge is 2.25. The smallest absolute Gasteiger partial charge is 0.107 e. The Morgan fingerprint density at radius 2 is 1.32 bits per heavy atom. The van der Waals surface area contributed by atoms with Gasteiger partial charge in [0.1, 0.15) is 6.23 Å². The maximum Gasteiger partial charge on any atom is 0.107 e. The number of hydrogen-bond acceptors (Lipinski definition) is 2. The van der Waals surface area contributed by atoms with E-state index < -0.39 is 0 Å². The number of rotatable bonds is 17. The molecule has 1 rings (SSSR count). The molecule has 28 heavy (non-hydrogen) atoms. The van der Waals surface area contributed by atoms with Crippen LogP contribution in [0.1, 0.15) is 116 Å². The minimum Gasteiger partial charge on any atom is -0.378 e. The third-order valence-electron chi connectivity index (χ3n) is 5.80. The van der Waals surface area contributed by atoms with Gasteiger partial charge in [-0.3, -0.25) is 4.90 Å². The Hall–Kier alpha value is -0.860. The number of hydrogen-bond donors (Lipinski definition) is 1. The van der Waals surface area contributed by atoms with E-state index in [0.717, 1.165) is 19.4 Å². The summed E-state index contributed by atoms with van der Waals surface area (Å²) in [6.07, 6.45) is 15.1. The molecule has 0 aliphatic rings. The van der Waals surface area contributed by atoms with E-state index in [2.05, 4.69) is 62.9 Å². The van der Waals surface area contributed by atoms with Crippen LogP contribution in [0.3, 0.4) is 0 Å². The van der Waals surface area contributed by atoms with Crippen LogP contribution in [-0.4, -0.2) is 22.8 Å². The molecular weight excluding hydrogens is 342 g/mol. The predicted molar refractivity (Wildman–Crippen MR) is 123 cm³/mol. The van der Waals surface area contributed by atoms with Gasteiger partial charge in [-0.2, -0.15) is 0 Å². The molecule has 0 radical (unpaired) electrons. The summed E-state index contributed by atoms with van der Waals surface area (Å²) in [6.45, 7) is 9.94. The van der Waals surface area contributed by atoms with Gasteiger partial charge in [0.15, 0.2) is 0 Å². The summed E-state index contributed by atoms with van der Waals surface area (Å²) in [5.74, 6) is 0.615. The first-order valence-corrected chi connectivity index (χ1v) is 12.1. The monoisotopic (exact) mass is 389 g/mol. The zero-order valence-corrected chi connectivity index (χ0v) is 19.2. The average molecular weight is 390 g/mol. The molecular formula is C26H47NO. The van der Waals surface area contributed by atoms with Crippen molar-refractivity contribution in [3.8, 4) is 0 Å². The van der Waals surface area contributed by atoms with Crippen molar-refractivity contribution in [3.63, 3.8) is 0 Å². The molecule has 1 aromatic rings. The van der Waals surface area contributed by atoms with Crippen molar-refractivity contribution in [2.24, 2.45) is 5.92 Å². The van der Waals surface area contributed by atoms with Crippen LogP contribution in [-0.2, 0) is 0 Å². The Balaban J connectivity index is 2.46. The van der Waals surface area contributed by atoms with E-state index in [-0.39, 0.29) is 6.23 Å². The number of benzene rings is 1. The molecule has 162 valence electrons. The SMILES string of the molecule is CCCCCCCCCCCCN(C(O)CC)C(CC(C)C)c1ccccc1. The van der Waals surface area contributed by atoms with E-state index in [9.17, 15) is 5.11 Å². The maximum atomic E-state index is 10.7. The molecule has 0 fully saturated rings. The van der Waals surface area contributed by atoms with Crippen LogP contribution in [0.15, 0.2) is 30.3 Å². The Labute approximate surface area is 175 Å². The molecule has 2 atom stereocenters. The van der Waals surface area contributed by atoms with Crippen LogP contribution in [0.2, 0.25) is 0 Å². The third kappa shape index (κ3) is 10.6. The average Bonchev–Trinajstić information content (AvgIpc) is 2.70. The maximum absolute atomic E-state index is 10.7. The fraction of sp³-hybridized carbons (Fsp3) is 0.769. The Morgan fingerprint density at radius 1 is 0.786 bits per heavy atom. The molecule has 0 heterocycles. The van der Waals surface area contributed by atoms with Gasteiger partial charge in [0.25, 0.3) is 0 Å². The molecule has 0 spiro atoms. The van der Waals surface area contributed by atoms with Crippen molar-refractivity contribution in [2.75, 3.05) is 6.54 Å². The number of unbranched alkanes of at least 4 members (excludes halogenated alkanes) is 9. The van der Waals surface area contributed by atoms with Gasteiger partial charge in [-0.05, 0) is 30.7 Å². The molecule has 2 nitrogen and oxygen atoms in total. The minimum absolute atomic E-state index is 0.315. The molecule has 0 amide bonds. The van der Waals surface area contributed by atoms with Gasteiger partial charge in [0.2, 0.25) is 0 Å². The van der Waals surface area contributed by atoms with Crippen molar-refractivity contribution in [2.45, 2.75) is 117 Å². The molecule has 0 aliphatic carbocycles. The highest BCUT2D eigenvalue weighted by Crippen LogP contribution is 2.30. The fourth-order valence-corrected chi connectivity index (χ4v) is 4.11. The Morgan fingerprint density at radius 3 is 1.82 bits per heavy atom. The molecule has 1 aromatic carbocycles. The zero-order chi connectivity index (χ0) is 20.6. The van der Waals surface area contributed by atoms with Crippen molar-refractivity contribution >= 4 is 0 Å². The molecule has 0 bridgehead atoms. The number of aliphatic hydroxyl groups is 1. The summed E-state index contributed by atoms with van der Waals surface area (Å²) in [6, 6.07) is 11.1. The predicted octanol–water partition coefficient (Wildman–Crippen LogP) is 7.73. The lowest BCUT2D eigenvalue weighted by Gasteiger charge is -2.36. The molecule has 1 N–H and O–H groups in total. The lowest BCUT2D eigenvalue weighted by Crippen LogP contribution is -2.39. The van der Waals surface area contributed by atoms with Crippen LogP contribution in [0.25, 0.3) is 0 Å². The van der Waals surface area contributed by atoms with Crippen molar-refractivity contribution in [1.82, 2.24) is 4.90 Å². The summed E-state index contributed by atoms with van der Waals surface area (Å²) in [5.41, 5.74) is 1.34. The van der Waals surface area contributed by atoms with E-state index in [1.54, 1.807) is 0 Å². The van der Waals surface area contributed by atoms with Gasteiger partial charge in [0, 0.05) is 12.6 Å². The molecule has 2 unspecified atom stereocenters. The highest BCUT2D eigenvalue weighted by atomic mass is 16.3. The third-order valence-corrected chi connectivity index (χ3v) is 5.80. The number of aliphatic hydroxyl groups excluding tert-OH is 1.